The Labute approximate surface area is 83.9 Å². The number of ether oxygens (including phenoxy) is 1. The molecule has 0 aliphatic rings. The molecule has 0 atom stereocenters. The zero-order valence-corrected chi connectivity index (χ0v) is 9.07. The Bertz CT molecular complexity index is 329. The predicted octanol–water partition coefficient (Wildman–Crippen LogP) is 1.95. The van der Waals surface area contributed by atoms with E-state index in [2.05, 4.69) is 4.98 Å². The summed E-state index contributed by atoms with van der Waals surface area (Å²) in [5.41, 5.74) is 1.28. The fraction of sp³-hybridized carbons (Fsp3) is 0.600. The zero-order valence-electron chi connectivity index (χ0n) is 9.07. The lowest BCUT2D eigenvalue weighted by Gasteiger charge is -2.11. The van der Waals surface area contributed by atoms with Gasteiger partial charge in [-0.05, 0) is 27.7 Å². The second-order valence-corrected chi connectivity index (χ2v) is 3.40. The van der Waals surface area contributed by atoms with E-state index in [0.29, 0.717) is 12.3 Å². The molecule has 14 heavy (non-hydrogen) atoms. The van der Waals surface area contributed by atoms with Crippen LogP contribution in [-0.2, 0) is 4.74 Å². The highest BCUT2D eigenvalue weighted by molar-refractivity contribution is 5.88. The molecular weight excluding hydrogens is 180 g/mol. The second-order valence-electron chi connectivity index (χ2n) is 3.40. The van der Waals surface area contributed by atoms with Crippen molar-refractivity contribution >= 4 is 5.97 Å². The first-order valence-corrected chi connectivity index (χ1v) is 4.78. The topological polar surface area (TPSA) is 44.1 Å². The van der Waals surface area contributed by atoms with Crippen molar-refractivity contribution in [2.75, 3.05) is 6.61 Å². The number of nitrogens with zero attached hydrogens (tertiary/aromatic N) is 2. The molecule has 1 rings (SSSR count). The summed E-state index contributed by atoms with van der Waals surface area (Å²) in [5, 5.41) is 0. The van der Waals surface area contributed by atoms with Gasteiger partial charge >= 0.3 is 5.97 Å². The minimum atomic E-state index is -0.295. The van der Waals surface area contributed by atoms with Gasteiger partial charge in [0.2, 0.25) is 0 Å². The number of aromatic nitrogens is 2. The van der Waals surface area contributed by atoms with Gasteiger partial charge in [0.1, 0.15) is 5.69 Å². The first kappa shape index (κ1) is 10.8. The van der Waals surface area contributed by atoms with Crippen LogP contribution in [0.25, 0.3) is 0 Å². The molecule has 0 saturated heterocycles. The Morgan fingerprint density at radius 3 is 2.79 bits per heavy atom. The van der Waals surface area contributed by atoms with E-state index in [1.807, 2.05) is 25.3 Å². The van der Waals surface area contributed by atoms with Gasteiger partial charge in [-0.1, -0.05) is 0 Å². The molecule has 0 spiro atoms. The summed E-state index contributed by atoms with van der Waals surface area (Å²) in [5.74, 6) is -0.295. The van der Waals surface area contributed by atoms with Crippen LogP contribution in [0.15, 0.2) is 6.33 Å². The van der Waals surface area contributed by atoms with Crippen molar-refractivity contribution in [2.24, 2.45) is 0 Å². The molecule has 0 radical (unpaired) electrons. The van der Waals surface area contributed by atoms with Gasteiger partial charge in [-0.15, -0.1) is 0 Å². The van der Waals surface area contributed by atoms with Crippen molar-refractivity contribution < 1.29 is 9.53 Å². The lowest BCUT2D eigenvalue weighted by Crippen LogP contribution is -2.14. The van der Waals surface area contributed by atoms with Gasteiger partial charge in [0.05, 0.1) is 18.6 Å². The summed E-state index contributed by atoms with van der Waals surface area (Å²) >= 11 is 0. The molecule has 4 heteroatoms. The van der Waals surface area contributed by atoms with Gasteiger partial charge in [-0.25, -0.2) is 9.78 Å². The summed E-state index contributed by atoms with van der Waals surface area (Å²) in [6, 6.07) is 0.218. The number of rotatable bonds is 3. The number of aryl methyl sites for hydroxylation is 1. The number of imidazole rings is 1. The fourth-order valence-electron chi connectivity index (χ4n) is 1.30. The third kappa shape index (κ3) is 1.95. The van der Waals surface area contributed by atoms with Gasteiger partial charge in [-0.3, -0.25) is 0 Å². The Balaban J connectivity index is 3.04. The summed E-state index contributed by atoms with van der Waals surface area (Å²) < 4.78 is 6.78. The number of carbonyl (C=O) groups excluding carboxylic acids is 1. The normalized spacial score (nSPS) is 10.6. The van der Waals surface area contributed by atoms with Gasteiger partial charge in [-0.2, -0.15) is 0 Å². The molecule has 0 saturated carbocycles. The molecular formula is C10H16N2O2. The van der Waals surface area contributed by atoms with Crippen LogP contribution in [0.3, 0.4) is 0 Å². The Morgan fingerprint density at radius 2 is 2.29 bits per heavy atom. The van der Waals surface area contributed by atoms with Crippen molar-refractivity contribution in [3.05, 3.63) is 17.7 Å². The van der Waals surface area contributed by atoms with Crippen LogP contribution < -0.4 is 0 Å². The zero-order chi connectivity index (χ0) is 10.7. The molecule has 0 unspecified atom stereocenters. The van der Waals surface area contributed by atoms with E-state index < -0.39 is 0 Å². The SMILES string of the molecule is CCOC(=O)c1c(C)ncn1C(C)C. The van der Waals surface area contributed by atoms with Crippen LogP contribution in [0.2, 0.25) is 0 Å². The summed E-state index contributed by atoms with van der Waals surface area (Å²) in [6.45, 7) is 8.00. The van der Waals surface area contributed by atoms with E-state index >= 15 is 0 Å². The van der Waals surface area contributed by atoms with Gasteiger partial charge in [0.15, 0.2) is 0 Å². The predicted molar refractivity (Wildman–Crippen MR) is 53.3 cm³/mol. The maximum absolute atomic E-state index is 11.6. The standard InChI is InChI=1S/C10H16N2O2/c1-5-14-10(13)9-8(4)11-6-12(9)7(2)3/h6-7H,5H2,1-4H3. The lowest BCUT2D eigenvalue weighted by atomic mass is 10.3. The largest absolute Gasteiger partial charge is 0.461 e. The molecule has 0 aliphatic carbocycles. The van der Waals surface area contributed by atoms with Crippen molar-refractivity contribution in [1.29, 1.82) is 0 Å². The Hall–Kier alpha value is -1.32. The maximum Gasteiger partial charge on any atom is 0.356 e. The molecule has 0 fully saturated rings. The second kappa shape index (κ2) is 4.26. The third-order valence-electron chi connectivity index (χ3n) is 2.00. The van der Waals surface area contributed by atoms with Crippen LogP contribution in [0, 0.1) is 6.92 Å². The van der Waals surface area contributed by atoms with Crippen LogP contribution in [0.1, 0.15) is 43.0 Å². The fourth-order valence-corrected chi connectivity index (χ4v) is 1.30. The number of carbonyl (C=O) groups is 1. The van der Waals surface area contributed by atoms with Gasteiger partial charge in [0.25, 0.3) is 0 Å². The van der Waals surface area contributed by atoms with E-state index in [1.54, 1.807) is 13.3 Å². The molecule has 0 N–H and O–H groups in total. The molecule has 4 nitrogen and oxygen atoms in total. The minimum absolute atomic E-state index is 0.218. The third-order valence-corrected chi connectivity index (χ3v) is 2.00. The van der Waals surface area contributed by atoms with E-state index in [4.69, 9.17) is 4.74 Å². The van der Waals surface area contributed by atoms with Crippen LogP contribution in [0.5, 0.6) is 0 Å². The van der Waals surface area contributed by atoms with Crippen molar-refractivity contribution in [1.82, 2.24) is 9.55 Å². The lowest BCUT2D eigenvalue weighted by molar-refractivity contribution is 0.0511. The van der Waals surface area contributed by atoms with E-state index in [0.717, 1.165) is 5.69 Å². The Morgan fingerprint density at radius 1 is 1.64 bits per heavy atom. The van der Waals surface area contributed by atoms with E-state index in [-0.39, 0.29) is 12.0 Å². The Kier molecular flexibility index (Phi) is 3.28. The molecule has 1 heterocycles. The average Bonchev–Trinajstić information content (AvgIpc) is 2.47. The number of hydrogen-bond acceptors (Lipinski definition) is 3. The van der Waals surface area contributed by atoms with Crippen molar-refractivity contribution in [3.63, 3.8) is 0 Å². The highest BCUT2D eigenvalue weighted by Crippen LogP contribution is 2.14. The number of hydrogen-bond donors (Lipinski definition) is 0. The minimum Gasteiger partial charge on any atom is -0.461 e. The monoisotopic (exact) mass is 196 g/mol. The van der Waals surface area contributed by atoms with E-state index in [1.165, 1.54) is 0 Å². The average molecular weight is 196 g/mol. The molecule has 0 bridgehead atoms. The van der Waals surface area contributed by atoms with Gasteiger partial charge < -0.3 is 9.30 Å². The van der Waals surface area contributed by atoms with Crippen LogP contribution in [0.4, 0.5) is 0 Å². The van der Waals surface area contributed by atoms with Crippen molar-refractivity contribution in [2.45, 2.75) is 33.7 Å². The summed E-state index contributed by atoms with van der Waals surface area (Å²) in [7, 11) is 0. The van der Waals surface area contributed by atoms with Crippen LogP contribution >= 0.6 is 0 Å². The van der Waals surface area contributed by atoms with Gasteiger partial charge in [0, 0.05) is 6.04 Å². The van der Waals surface area contributed by atoms with E-state index in [9.17, 15) is 4.79 Å². The molecule has 1 aromatic heterocycles. The smallest absolute Gasteiger partial charge is 0.356 e. The first-order chi connectivity index (χ1) is 6.57. The highest BCUT2D eigenvalue weighted by Gasteiger charge is 2.18. The molecule has 0 aliphatic heterocycles. The molecule has 78 valence electrons. The highest BCUT2D eigenvalue weighted by atomic mass is 16.5. The quantitative estimate of drug-likeness (QED) is 0.694. The first-order valence-electron chi connectivity index (χ1n) is 4.78. The number of esters is 1. The van der Waals surface area contributed by atoms with Crippen LogP contribution in [-0.4, -0.2) is 22.1 Å². The summed E-state index contributed by atoms with van der Waals surface area (Å²) in [4.78, 5) is 15.7. The molecule has 0 aromatic carbocycles. The summed E-state index contributed by atoms with van der Waals surface area (Å²) in [6.07, 6.45) is 1.67. The molecule has 0 amide bonds. The van der Waals surface area contributed by atoms with Crippen molar-refractivity contribution in [3.8, 4) is 0 Å². The molecule has 1 aromatic rings. The maximum atomic E-state index is 11.6.